The Balaban J connectivity index is 1.41. The molecule has 2 amide bonds. The minimum atomic E-state index is -1.17. The summed E-state index contributed by atoms with van der Waals surface area (Å²) < 4.78 is 5.39. The van der Waals surface area contributed by atoms with Gasteiger partial charge in [-0.05, 0) is 61.6 Å². The number of nitrogens with zero attached hydrogens (tertiary/aromatic N) is 1. The number of likely N-dealkylation sites (tertiary alicyclic amines) is 1. The number of esters is 1. The van der Waals surface area contributed by atoms with E-state index in [4.69, 9.17) is 10.5 Å². The maximum Gasteiger partial charge on any atom is 0.308 e. The molecule has 1 heterocycles. The highest BCUT2D eigenvalue weighted by molar-refractivity contribution is 5.93. The lowest BCUT2D eigenvalue weighted by Crippen LogP contribution is -2.58. The maximum absolute atomic E-state index is 13.5. The van der Waals surface area contributed by atoms with Crippen molar-refractivity contribution in [3.05, 3.63) is 71.3 Å². The second-order valence-electron chi connectivity index (χ2n) is 10.4. The van der Waals surface area contributed by atoms with E-state index in [-0.39, 0.29) is 24.3 Å². The van der Waals surface area contributed by atoms with Crippen molar-refractivity contribution < 1.29 is 19.1 Å². The van der Waals surface area contributed by atoms with Gasteiger partial charge in [0.1, 0.15) is 12.6 Å². The molecule has 1 unspecified atom stereocenters. The molecule has 0 saturated carbocycles. The van der Waals surface area contributed by atoms with Crippen molar-refractivity contribution in [2.45, 2.75) is 69.6 Å². The number of fused-ring (bicyclic) bond motifs is 2. The van der Waals surface area contributed by atoms with Gasteiger partial charge >= 0.3 is 5.97 Å². The highest BCUT2D eigenvalue weighted by atomic mass is 16.5. The van der Waals surface area contributed by atoms with Crippen LogP contribution in [0.1, 0.15) is 56.2 Å². The molecule has 3 N–H and O–H groups in total. The number of hydrogen-bond acceptors (Lipinski definition) is 5. The normalized spacial score (nSPS) is 17.5. The van der Waals surface area contributed by atoms with Gasteiger partial charge in [0.15, 0.2) is 0 Å². The van der Waals surface area contributed by atoms with E-state index in [1.54, 1.807) is 18.7 Å². The predicted molar refractivity (Wildman–Crippen MR) is 133 cm³/mol. The molecule has 1 fully saturated rings. The van der Waals surface area contributed by atoms with Gasteiger partial charge < -0.3 is 20.7 Å². The van der Waals surface area contributed by atoms with E-state index in [1.165, 1.54) is 11.1 Å². The van der Waals surface area contributed by atoms with Crippen molar-refractivity contribution in [3.8, 4) is 0 Å². The second kappa shape index (κ2) is 10.2. The molecule has 35 heavy (non-hydrogen) atoms. The van der Waals surface area contributed by atoms with Crippen LogP contribution in [0.4, 0.5) is 0 Å². The van der Waals surface area contributed by atoms with Gasteiger partial charge in [0.05, 0.1) is 12.0 Å². The van der Waals surface area contributed by atoms with Crippen LogP contribution in [0, 0.1) is 0 Å². The number of rotatable bonds is 7. The molecule has 2 aromatic carbocycles. The smallest absolute Gasteiger partial charge is 0.308 e. The first-order chi connectivity index (χ1) is 16.7. The molecule has 186 valence electrons. The van der Waals surface area contributed by atoms with E-state index in [0.717, 1.165) is 31.2 Å². The van der Waals surface area contributed by atoms with Gasteiger partial charge in [-0.25, -0.2) is 0 Å². The molecule has 1 atom stereocenters. The van der Waals surface area contributed by atoms with Gasteiger partial charge in [-0.3, -0.25) is 14.4 Å². The van der Waals surface area contributed by atoms with Crippen LogP contribution in [-0.2, 0) is 37.6 Å². The highest BCUT2D eigenvalue weighted by Crippen LogP contribution is 2.46. The lowest BCUT2D eigenvalue weighted by atomic mass is 9.74. The fraction of sp³-hybridized carbons (Fsp3) is 0.464. The predicted octanol–water partition coefficient (Wildman–Crippen LogP) is 2.85. The van der Waals surface area contributed by atoms with E-state index in [9.17, 15) is 14.4 Å². The zero-order valence-corrected chi connectivity index (χ0v) is 20.6. The van der Waals surface area contributed by atoms with Gasteiger partial charge in [0.25, 0.3) is 0 Å². The van der Waals surface area contributed by atoms with Crippen molar-refractivity contribution in [3.63, 3.8) is 0 Å². The molecule has 1 aliphatic carbocycles. The molecule has 7 nitrogen and oxygen atoms in total. The van der Waals surface area contributed by atoms with E-state index in [0.29, 0.717) is 13.1 Å². The van der Waals surface area contributed by atoms with E-state index < -0.39 is 23.5 Å². The summed E-state index contributed by atoms with van der Waals surface area (Å²) >= 11 is 0. The Morgan fingerprint density at radius 3 is 2.37 bits per heavy atom. The van der Waals surface area contributed by atoms with Crippen molar-refractivity contribution >= 4 is 17.8 Å². The summed E-state index contributed by atoms with van der Waals surface area (Å²) in [6.07, 6.45) is 3.68. The number of aryl methyl sites for hydroxylation is 1. The van der Waals surface area contributed by atoms with E-state index in [1.807, 2.05) is 30.3 Å². The third-order valence-electron chi connectivity index (χ3n) is 7.30. The van der Waals surface area contributed by atoms with Gasteiger partial charge in [-0.2, -0.15) is 0 Å². The minimum Gasteiger partial charge on any atom is -0.461 e. The lowest BCUT2D eigenvalue weighted by Gasteiger charge is -2.41. The summed E-state index contributed by atoms with van der Waals surface area (Å²) in [6.45, 7) is 4.43. The average Bonchev–Trinajstić information content (AvgIpc) is 3.20. The molecule has 2 aromatic rings. The number of carbonyl (C=O) groups excluding carboxylic acids is 3. The zero-order chi connectivity index (χ0) is 25.1. The topological polar surface area (TPSA) is 102 Å². The maximum atomic E-state index is 13.5. The molecule has 0 aromatic heterocycles. The lowest BCUT2D eigenvalue weighted by molar-refractivity contribution is -0.149. The quantitative estimate of drug-likeness (QED) is 0.597. The summed E-state index contributed by atoms with van der Waals surface area (Å²) in [5.74, 6) is -1.29. The molecular formula is C28H35N3O4. The molecular weight excluding hydrogens is 442 g/mol. The first kappa shape index (κ1) is 24.9. The van der Waals surface area contributed by atoms with Crippen LogP contribution in [-0.4, -0.2) is 47.4 Å². The monoisotopic (exact) mass is 477 g/mol. The summed E-state index contributed by atoms with van der Waals surface area (Å²) in [4.78, 5) is 40.5. The van der Waals surface area contributed by atoms with E-state index in [2.05, 4.69) is 29.6 Å². The number of amides is 2. The molecule has 1 aliphatic heterocycles. The first-order valence-electron chi connectivity index (χ1n) is 12.3. The zero-order valence-electron chi connectivity index (χ0n) is 20.6. The Morgan fingerprint density at radius 1 is 1.03 bits per heavy atom. The number of carbonyl (C=O) groups is 3. The average molecular weight is 478 g/mol. The van der Waals surface area contributed by atoms with Crippen LogP contribution in [0.25, 0.3) is 0 Å². The number of nitrogens with one attached hydrogen (secondary N) is 1. The standard InChI is InChI=1S/C28H35N3O4/c1-27(2,29)26(34)30-23(18-24(32)35-19-20-8-4-3-5-9-20)25(33)31-16-14-28(15-17-31)13-12-21-10-6-7-11-22(21)28/h3-11,23H,12-19,29H2,1-2H3,(H,30,34). The van der Waals surface area contributed by atoms with Gasteiger partial charge in [-0.15, -0.1) is 0 Å². The fourth-order valence-corrected chi connectivity index (χ4v) is 5.17. The molecule has 0 radical (unpaired) electrons. The van der Waals surface area contributed by atoms with Crippen molar-refractivity contribution in [1.82, 2.24) is 10.2 Å². The largest absolute Gasteiger partial charge is 0.461 e. The van der Waals surface area contributed by atoms with Gasteiger partial charge in [-0.1, -0.05) is 54.6 Å². The van der Waals surface area contributed by atoms with Gasteiger partial charge in [0.2, 0.25) is 11.8 Å². The summed E-state index contributed by atoms with van der Waals surface area (Å²) in [7, 11) is 0. The van der Waals surface area contributed by atoms with Crippen LogP contribution < -0.4 is 11.1 Å². The van der Waals surface area contributed by atoms with E-state index >= 15 is 0 Å². The number of hydrogen-bond donors (Lipinski definition) is 2. The van der Waals surface area contributed by atoms with Crippen LogP contribution in [0.5, 0.6) is 0 Å². The van der Waals surface area contributed by atoms with Gasteiger partial charge in [0, 0.05) is 13.1 Å². The Labute approximate surface area is 207 Å². The number of nitrogens with two attached hydrogens (primary N) is 1. The Bertz CT molecular complexity index is 1070. The third kappa shape index (κ3) is 5.73. The summed E-state index contributed by atoms with van der Waals surface area (Å²) in [6, 6.07) is 16.9. The summed E-state index contributed by atoms with van der Waals surface area (Å²) in [5, 5.41) is 2.70. The summed E-state index contributed by atoms with van der Waals surface area (Å²) in [5.41, 5.74) is 8.55. The first-order valence-corrected chi connectivity index (χ1v) is 12.3. The molecule has 1 saturated heterocycles. The fourth-order valence-electron chi connectivity index (χ4n) is 5.17. The molecule has 1 spiro atoms. The number of piperidine rings is 1. The number of benzene rings is 2. The van der Waals surface area contributed by atoms with Crippen LogP contribution in [0.15, 0.2) is 54.6 Å². The molecule has 0 bridgehead atoms. The SMILES string of the molecule is CC(C)(N)C(=O)NC(CC(=O)OCc1ccccc1)C(=O)N1CCC2(CCc3ccccc32)CC1. The molecule has 7 heteroatoms. The van der Waals surface area contributed by atoms with Crippen molar-refractivity contribution in [2.75, 3.05) is 13.1 Å². The Kier molecular flexibility index (Phi) is 7.26. The van der Waals surface area contributed by atoms with Crippen LogP contribution in [0.3, 0.4) is 0 Å². The highest BCUT2D eigenvalue weighted by Gasteiger charge is 2.43. The third-order valence-corrected chi connectivity index (χ3v) is 7.30. The number of ether oxygens (including phenoxy) is 1. The molecule has 4 rings (SSSR count). The molecule has 2 aliphatic rings. The van der Waals surface area contributed by atoms with Crippen LogP contribution in [0.2, 0.25) is 0 Å². The van der Waals surface area contributed by atoms with Crippen LogP contribution >= 0.6 is 0 Å². The van der Waals surface area contributed by atoms with Crippen molar-refractivity contribution in [1.29, 1.82) is 0 Å². The Morgan fingerprint density at radius 2 is 1.69 bits per heavy atom. The minimum absolute atomic E-state index is 0.111. The second-order valence-corrected chi connectivity index (χ2v) is 10.4. The Hall–Kier alpha value is -3.19. The van der Waals surface area contributed by atoms with Crippen molar-refractivity contribution in [2.24, 2.45) is 5.73 Å².